The van der Waals surface area contributed by atoms with Crippen LogP contribution >= 0.6 is 0 Å². The predicted molar refractivity (Wildman–Crippen MR) is 54.0 cm³/mol. The number of rotatable bonds is 1. The number of aliphatic hydroxyl groups excluding tert-OH is 1. The first-order valence-corrected chi connectivity index (χ1v) is 4.81. The van der Waals surface area contributed by atoms with Crippen LogP contribution < -0.4 is 4.90 Å². The zero-order chi connectivity index (χ0) is 9.97. The van der Waals surface area contributed by atoms with Crippen LogP contribution in [0, 0.1) is 0 Å². The van der Waals surface area contributed by atoms with E-state index < -0.39 is 0 Å². The SMILES string of the molecule is O=C1CCC(O)CN1c1ccccc1. The Labute approximate surface area is 83.0 Å². The van der Waals surface area contributed by atoms with Crippen LogP contribution in [0.3, 0.4) is 0 Å². The first-order valence-electron chi connectivity index (χ1n) is 4.81. The van der Waals surface area contributed by atoms with Gasteiger partial charge in [-0.05, 0) is 18.6 Å². The molecule has 2 rings (SSSR count). The van der Waals surface area contributed by atoms with Crippen molar-refractivity contribution in [3.63, 3.8) is 0 Å². The van der Waals surface area contributed by atoms with E-state index in [1.165, 1.54) is 0 Å². The van der Waals surface area contributed by atoms with Crippen molar-refractivity contribution in [2.24, 2.45) is 0 Å². The molecule has 1 fully saturated rings. The van der Waals surface area contributed by atoms with Crippen LogP contribution in [-0.2, 0) is 4.79 Å². The van der Waals surface area contributed by atoms with E-state index in [1.54, 1.807) is 4.90 Å². The lowest BCUT2D eigenvalue weighted by molar-refractivity contribution is -0.121. The molecule has 74 valence electrons. The van der Waals surface area contributed by atoms with Gasteiger partial charge in [-0.25, -0.2) is 0 Å². The zero-order valence-electron chi connectivity index (χ0n) is 7.89. The number of hydrogen-bond acceptors (Lipinski definition) is 2. The number of nitrogens with zero attached hydrogens (tertiary/aromatic N) is 1. The van der Waals surface area contributed by atoms with Crippen LogP contribution in [0.15, 0.2) is 30.3 Å². The third-order valence-electron chi connectivity index (χ3n) is 2.45. The van der Waals surface area contributed by atoms with Gasteiger partial charge in [0.1, 0.15) is 0 Å². The van der Waals surface area contributed by atoms with Crippen molar-refractivity contribution in [1.29, 1.82) is 0 Å². The van der Waals surface area contributed by atoms with Gasteiger partial charge in [0.15, 0.2) is 0 Å². The first-order chi connectivity index (χ1) is 6.77. The Balaban J connectivity index is 2.20. The van der Waals surface area contributed by atoms with Gasteiger partial charge in [0.2, 0.25) is 5.91 Å². The number of carbonyl (C=O) groups is 1. The van der Waals surface area contributed by atoms with Crippen LogP contribution in [0.2, 0.25) is 0 Å². The van der Waals surface area contributed by atoms with Crippen LogP contribution in [-0.4, -0.2) is 23.7 Å². The van der Waals surface area contributed by atoms with Crippen molar-refractivity contribution < 1.29 is 9.90 Å². The third-order valence-corrected chi connectivity index (χ3v) is 2.45. The molecule has 1 unspecified atom stereocenters. The molecule has 0 bridgehead atoms. The number of piperidine rings is 1. The van der Waals surface area contributed by atoms with E-state index in [2.05, 4.69) is 0 Å². The number of carbonyl (C=O) groups excluding carboxylic acids is 1. The Kier molecular flexibility index (Phi) is 2.50. The van der Waals surface area contributed by atoms with Crippen LogP contribution in [0.4, 0.5) is 5.69 Å². The lowest BCUT2D eigenvalue weighted by Crippen LogP contribution is -2.42. The summed E-state index contributed by atoms with van der Waals surface area (Å²) >= 11 is 0. The number of aliphatic hydroxyl groups is 1. The molecule has 1 amide bonds. The van der Waals surface area contributed by atoms with E-state index in [0.717, 1.165) is 5.69 Å². The van der Waals surface area contributed by atoms with Gasteiger partial charge in [-0.2, -0.15) is 0 Å². The number of anilines is 1. The second-order valence-electron chi connectivity index (χ2n) is 3.53. The summed E-state index contributed by atoms with van der Waals surface area (Å²) in [4.78, 5) is 13.2. The lowest BCUT2D eigenvalue weighted by Gasteiger charge is -2.29. The Bertz CT molecular complexity index is 323. The van der Waals surface area contributed by atoms with Crippen LogP contribution in [0.5, 0.6) is 0 Å². The second-order valence-corrected chi connectivity index (χ2v) is 3.53. The van der Waals surface area contributed by atoms with Gasteiger partial charge in [0, 0.05) is 12.1 Å². The van der Waals surface area contributed by atoms with Crippen molar-refractivity contribution in [3.05, 3.63) is 30.3 Å². The van der Waals surface area contributed by atoms with E-state index in [9.17, 15) is 9.90 Å². The summed E-state index contributed by atoms with van der Waals surface area (Å²) in [5.74, 6) is 0.0986. The minimum atomic E-state index is -0.382. The monoisotopic (exact) mass is 191 g/mol. The molecule has 3 heteroatoms. The number of para-hydroxylation sites is 1. The maximum Gasteiger partial charge on any atom is 0.227 e. The molecule has 1 aromatic carbocycles. The summed E-state index contributed by atoms with van der Waals surface area (Å²) in [7, 11) is 0. The predicted octanol–water partition coefficient (Wildman–Crippen LogP) is 1.17. The minimum absolute atomic E-state index is 0.0986. The molecule has 0 spiro atoms. The molecule has 3 nitrogen and oxygen atoms in total. The standard InChI is InChI=1S/C11H13NO2/c13-10-6-7-11(14)12(8-10)9-4-2-1-3-5-9/h1-5,10,13H,6-8H2. The first kappa shape index (κ1) is 9.21. The zero-order valence-corrected chi connectivity index (χ0v) is 7.89. The average molecular weight is 191 g/mol. The molecule has 1 heterocycles. The third kappa shape index (κ3) is 1.77. The molecule has 14 heavy (non-hydrogen) atoms. The highest BCUT2D eigenvalue weighted by Gasteiger charge is 2.24. The fraction of sp³-hybridized carbons (Fsp3) is 0.364. The smallest absolute Gasteiger partial charge is 0.227 e. The Hall–Kier alpha value is -1.35. The van der Waals surface area contributed by atoms with Gasteiger partial charge in [-0.1, -0.05) is 18.2 Å². The number of amides is 1. The van der Waals surface area contributed by atoms with E-state index in [4.69, 9.17) is 0 Å². The summed E-state index contributed by atoms with van der Waals surface area (Å²) in [6.45, 7) is 0.419. The second kappa shape index (κ2) is 3.80. The fourth-order valence-corrected chi connectivity index (χ4v) is 1.69. The lowest BCUT2D eigenvalue weighted by atomic mass is 10.1. The highest BCUT2D eigenvalue weighted by molar-refractivity contribution is 5.94. The normalized spacial score (nSPS) is 22.5. The van der Waals surface area contributed by atoms with Crippen molar-refractivity contribution in [2.75, 3.05) is 11.4 Å². The Morgan fingerprint density at radius 2 is 2.00 bits per heavy atom. The van der Waals surface area contributed by atoms with Gasteiger partial charge in [-0.15, -0.1) is 0 Å². The summed E-state index contributed by atoms with van der Waals surface area (Å²) in [5, 5.41) is 9.46. The summed E-state index contributed by atoms with van der Waals surface area (Å²) in [6.07, 6.45) is 0.644. The molecule has 1 atom stereocenters. The van der Waals surface area contributed by atoms with Gasteiger partial charge in [0.05, 0.1) is 12.6 Å². The van der Waals surface area contributed by atoms with E-state index in [-0.39, 0.29) is 12.0 Å². The van der Waals surface area contributed by atoms with Crippen LogP contribution in [0.1, 0.15) is 12.8 Å². The Morgan fingerprint density at radius 1 is 1.29 bits per heavy atom. The topological polar surface area (TPSA) is 40.5 Å². The number of β-amino-alcohol motifs (C(OH)–C–C–N with tert-alkyl or cyclic N) is 1. The molecule has 1 aromatic rings. The van der Waals surface area contributed by atoms with Crippen molar-refractivity contribution in [1.82, 2.24) is 0 Å². The molecular formula is C11H13NO2. The summed E-state index contributed by atoms with van der Waals surface area (Å²) in [5.41, 5.74) is 0.872. The van der Waals surface area contributed by atoms with E-state index in [0.29, 0.717) is 19.4 Å². The maximum atomic E-state index is 11.6. The Morgan fingerprint density at radius 3 is 2.71 bits per heavy atom. The van der Waals surface area contributed by atoms with Gasteiger partial charge < -0.3 is 10.0 Å². The minimum Gasteiger partial charge on any atom is -0.391 e. The molecule has 0 aliphatic carbocycles. The van der Waals surface area contributed by atoms with E-state index in [1.807, 2.05) is 30.3 Å². The molecule has 1 aliphatic heterocycles. The van der Waals surface area contributed by atoms with Gasteiger partial charge in [-0.3, -0.25) is 4.79 Å². The maximum absolute atomic E-state index is 11.6. The van der Waals surface area contributed by atoms with Crippen molar-refractivity contribution in [2.45, 2.75) is 18.9 Å². The molecule has 0 radical (unpaired) electrons. The summed E-state index contributed by atoms with van der Waals surface area (Å²) < 4.78 is 0. The van der Waals surface area contributed by atoms with Gasteiger partial charge in [0.25, 0.3) is 0 Å². The number of hydrogen-bond donors (Lipinski definition) is 1. The van der Waals surface area contributed by atoms with E-state index >= 15 is 0 Å². The van der Waals surface area contributed by atoms with Crippen molar-refractivity contribution in [3.8, 4) is 0 Å². The quantitative estimate of drug-likeness (QED) is 0.724. The van der Waals surface area contributed by atoms with Gasteiger partial charge >= 0.3 is 0 Å². The molecular weight excluding hydrogens is 178 g/mol. The summed E-state index contributed by atoms with van der Waals surface area (Å²) in [6, 6.07) is 9.47. The van der Waals surface area contributed by atoms with Crippen molar-refractivity contribution >= 4 is 11.6 Å². The molecule has 0 aromatic heterocycles. The molecule has 0 saturated carbocycles. The number of benzene rings is 1. The van der Waals surface area contributed by atoms with Crippen LogP contribution in [0.25, 0.3) is 0 Å². The fourth-order valence-electron chi connectivity index (χ4n) is 1.69. The molecule has 1 N–H and O–H groups in total. The molecule has 1 aliphatic rings. The largest absolute Gasteiger partial charge is 0.391 e. The highest BCUT2D eigenvalue weighted by atomic mass is 16.3. The average Bonchev–Trinajstić information content (AvgIpc) is 2.23. The highest BCUT2D eigenvalue weighted by Crippen LogP contribution is 2.20. The molecule has 1 saturated heterocycles.